The van der Waals surface area contributed by atoms with E-state index in [-0.39, 0.29) is 24.0 Å². The van der Waals surface area contributed by atoms with Gasteiger partial charge >= 0.3 is 0 Å². The zero-order valence-corrected chi connectivity index (χ0v) is 17.2. The quantitative estimate of drug-likeness (QED) is 0.393. The lowest BCUT2D eigenvalue weighted by Crippen LogP contribution is -2.42. The van der Waals surface area contributed by atoms with Crippen molar-refractivity contribution in [2.24, 2.45) is 10.9 Å². The standard InChI is InChI=1S/C14H22BrN3OS.HI/c1-16-14(18(2)9-11-6-8-19-10-11)17-7-5-12-3-4-13(15)20-12;/h3-4,11H,5-10H2,1-2H3,(H,16,17);1H. The molecule has 1 aliphatic rings. The van der Waals surface area contributed by atoms with Crippen LogP contribution in [-0.4, -0.2) is 51.3 Å². The highest BCUT2D eigenvalue weighted by atomic mass is 127. The summed E-state index contributed by atoms with van der Waals surface area (Å²) in [6.45, 7) is 3.69. The van der Waals surface area contributed by atoms with Crippen LogP contribution < -0.4 is 5.32 Å². The van der Waals surface area contributed by atoms with E-state index in [4.69, 9.17) is 4.74 Å². The Morgan fingerprint density at radius 1 is 1.57 bits per heavy atom. The molecule has 0 spiro atoms. The van der Waals surface area contributed by atoms with Gasteiger partial charge in [-0.1, -0.05) is 0 Å². The minimum absolute atomic E-state index is 0. The van der Waals surface area contributed by atoms with Crippen LogP contribution in [0.5, 0.6) is 0 Å². The van der Waals surface area contributed by atoms with Crippen LogP contribution in [0.15, 0.2) is 20.9 Å². The van der Waals surface area contributed by atoms with Gasteiger partial charge in [0.25, 0.3) is 0 Å². The molecule has 1 fully saturated rings. The van der Waals surface area contributed by atoms with Gasteiger partial charge < -0.3 is 15.0 Å². The maximum Gasteiger partial charge on any atom is 0.193 e. The Morgan fingerprint density at radius 2 is 2.38 bits per heavy atom. The van der Waals surface area contributed by atoms with Crippen LogP contribution in [0.2, 0.25) is 0 Å². The molecular formula is C14H23BrIN3OS. The van der Waals surface area contributed by atoms with Gasteiger partial charge in [-0.25, -0.2) is 0 Å². The van der Waals surface area contributed by atoms with Crippen LogP contribution in [0.1, 0.15) is 11.3 Å². The zero-order chi connectivity index (χ0) is 14.4. The van der Waals surface area contributed by atoms with Crippen LogP contribution in [0.4, 0.5) is 0 Å². The summed E-state index contributed by atoms with van der Waals surface area (Å²) in [5.74, 6) is 1.60. The van der Waals surface area contributed by atoms with Gasteiger partial charge in [0, 0.05) is 44.6 Å². The van der Waals surface area contributed by atoms with Gasteiger partial charge in [-0.3, -0.25) is 4.99 Å². The molecule has 1 N–H and O–H groups in total. The van der Waals surface area contributed by atoms with E-state index in [1.54, 1.807) is 11.3 Å². The SMILES string of the molecule is CN=C(NCCc1ccc(Br)s1)N(C)CC1CCOC1.I. The zero-order valence-electron chi connectivity index (χ0n) is 12.5. The van der Waals surface area contributed by atoms with E-state index in [1.807, 2.05) is 7.05 Å². The summed E-state index contributed by atoms with van der Waals surface area (Å²) >= 11 is 5.28. The van der Waals surface area contributed by atoms with Crippen molar-refractivity contribution in [2.75, 3.05) is 40.4 Å². The molecule has 0 saturated carbocycles. The van der Waals surface area contributed by atoms with Crippen LogP contribution in [0.3, 0.4) is 0 Å². The number of guanidine groups is 1. The predicted octanol–water partition coefficient (Wildman–Crippen LogP) is 3.21. The van der Waals surface area contributed by atoms with Crippen molar-refractivity contribution in [3.8, 4) is 0 Å². The number of thiophene rings is 1. The molecule has 120 valence electrons. The molecular weight excluding hydrogens is 465 g/mol. The molecule has 0 radical (unpaired) electrons. The third kappa shape index (κ3) is 6.42. The van der Waals surface area contributed by atoms with Crippen molar-refractivity contribution < 1.29 is 4.74 Å². The summed E-state index contributed by atoms with van der Waals surface area (Å²) in [5, 5.41) is 3.43. The molecule has 1 aromatic rings. The van der Waals surface area contributed by atoms with Gasteiger partial charge in [0.1, 0.15) is 0 Å². The van der Waals surface area contributed by atoms with Crippen molar-refractivity contribution >= 4 is 57.2 Å². The lowest BCUT2D eigenvalue weighted by Gasteiger charge is -2.24. The molecule has 0 bridgehead atoms. The first-order valence-corrected chi connectivity index (χ1v) is 8.53. The Morgan fingerprint density at radius 3 is 2.95 bits per heavy atom. The van der Waals surface area contributed by atoms with Gasteiger partial charge in [0.15, 0.2) is 5.96 Å². The number of halogens is 2. The van der Waals surface area contributed by atoms with E-state index >= 15 is 0 Å². The summed E-state index contributed by atoms with van der Waals surface area (Å²) in [7, 11) is 3.93. The van der Waals surface area contributed by atoms with Crippen LogP contribution in [0.25, 0.3) is 0 Å². The summed E-state index contributed by atoms with van der Waals surface area (Å²) in [4.78, 5) is 7.93. The number of ether oxygens (including phenoxy) is 1. The highest BCUT2D eigenvalue weighted by molar-refractivity contribution is 14.0. The molecule has 1 unspecified atom stereocenters. The summed E-state index contributed by atoms with van der Waals surface area (Å²) in [6.07, 6.45) is 2.18. The fraction of sp³-hybridized carbons (Fsp3) is 0.643. The monoisotopic (exact) mass is 487 g/mol. The van der Waals surface area contributed by atoms with Crippen molar-refractivity contribution in [3.05, 3.63) is 20.8 Å². The Hall–Kier alpha value is 0.140. The predicted molar refractivity (Wildman–Crippen MR) is 104 cm³/mol. The first-order chi connectivity index (χ1) is 9.69. The largest absolute Gasteiger partial charge is 0.381 e. The number of nitrogens with one attached hydrogen (secondary N) is 1. The second kappa shape index (κ2) is 10.0. The minimum atomic E-state index is 0. The molecule has 4 nitrogen and oxygen atoms in total. The van der Waals surface area contributed by atoms with E-state index in [0.29, 0.717) is 5.92 Å². The minimum Gasteiger partial charge on any atom is -0.381 e. The summed E-state index contributed by atoms with van der Waals surface area (Å²) in [5.41, 5.74) is 0. The lowest BCUT2D eigenvalue weighted by molar-refractivity contribution is 0.181. The maximum atomic E-state index is 5.42. The Bertz CT molecular complexity index is 449. The van der Waals surface area contributed by atoms with Crippen molar-refractivity contribution in [3.63, 3.8) is 0 Å². The number of rotatable bonds is 5. The highest BCUT2D eigenvalue weighted by Crippen LogP contribution is 2.22. The van der Waals surface area contributed by atoms with Gasteiger partial charge in [0.2, 0.25) is 0 Å². The number of aliphatic imine (C=N–C) groups is 1. The van der Waals surface area contributed by atoms with Crippen molar-refractivity contribution in [1.82, 2.24) is 10.2 Å². The van der Waals surface area contributed by atoms with Crippen LogP contribution in [0, 0.1) is 5.92 Å². The first kappa shape index (κ1) is 19.2. The molecule has 1 saturated heterocycles. The van der Waals surface area contributed by atoms with E-state index < -0.39 is 0 Å². The molecule has 7 heteroatoms. The first-order valence-electron chi connectivity index (χ1n) is 6.92. The van der Waals surface area contributed by atoms with Gasteiger partial charge in [-0.05, 0) is 40.9 Å². The fourth-order valence-corrected chi connectivity index (χ4v) is 3.85. The number of hydrogen-bond acceptors (Lipinski definition) is 3. The third-order valence-corrected chi connectivity index (χ3v) is 5.10. The number of nitrogens with zero attached hydrogens (tertiary/aromatic N) is 2. The smallest absolute Gasteiger partial charge is 0.193 e. The maximum absolute atomic E-state index is 5.42. The molecule has 2 heterocycles. The number of hydrogen-bond donors (Lipinski definition) is 1. The van der Waals surface area contributed by atoms with Gasteiger partial charge in [0.05, 0.1) is 10.4 Å². The normalized spacial score (nSPS) is 18.4. The third-order valence-electron chi connectivity index (χ3n) is 3.41. The Balaban J connectivity index is 0.00000220. The van der Waals surface area contributed by atoms with E-state index in [2.05, 4.69) is 50.3 Å². The average molecular weight is 488 g/mol. The van der Waals surface area contributed by atoms with Gasteiger partial charge in [-0.2, -0.15) is 0 Å². The molecule has 0 aromatic carbocycles. The topological polar surface area (TPSA) is 36.9 Å². The lowest BCUT2D eigenvalue weighted by atomic mass is 10.1. The highest BCUT2D eigenvalue weighted by Gasteiger charge is 2.18. The molecule has 1 atom stereocenters. The van der Waals surface area contributed by atoms with Crippen LogP contribution >= 0.6 is 51.2 Å². The Labute approximate surface area is 156 Å². The van der Waals surface area contributed by atoms with E-state index in [9.17, 15) is 0 Å². The van der Waals surface area contributed by atoms with E-state index in [1.165, 1.54) is 8.66 Å². The molecule has 21 heavy (non-hydrogen) atoms. The van der Waals surface area contributed by atoms with Crippen molar-refractivity contribution in [1.29, 1.82) is 0 Å². The van der Waals surface area contributed by atoms with Gasteiger partial charge in [-0.15, -0.1) is 35.3 Å². The molecule has 1 aliphatic heterocycles. The van der Waals surface area contributed by atoms with E-state index in [0.717, 1.165) is 45.1 Å². The second-order valence-electron chi connectivity index (χ2n) is 5.04. The summed E-state index contributed by atoms with van der Waals surface area (Å²) < 4.78 is 6.61. The molecule has 0 aliphatic carbocycles. The van der Waals surface area contributed by atoms with Crippen LogP contribution in [-0.2, 0) is 11.2 Å². The average Bonchev–Trinajstić information content (AvgIpc) is 3.06. The Kier molecular flexibility index (Phi) is 9.15. The summed E-state index contributed by atoms with van der Waals surface area (Å²) in [6, 6.07) is 4.26. The molecule has 2 rings (SSSR count). The molecule has 0 amide bonds. The fourth-order valence-electron chi connectivity index (χ4n) is 2.37. The molecule has 1 aromatic heterocycles. The second-order valence-corrected chi connectivity index (χ2v) is 7.59. The van der Waals surface area contributed by atoms with Crippen molar-refractivity contribution in [2.45, 2.75) is 12.8 Å².